The Kier molecular flexibility index (Phi) is 4.34. The molecule has 102 valence electrons. The maximum Gasteiger partial charge on any atom is 0.341 e. The van der Waals surface area contributed by atoms with Crippen LogP contribution >= 0.6 is 0 Å². The zero-order valence-electron chi connectivity index (χ0n) is 10.6. The number of para-hydroxylation sites is 1. The van der Waals surface area contributed by atoms with Gasteiger partial charge in [0.25, 0.3) is 5.91 Å². The second kappa shape index (κ2) is 6.38. The van der Waals surface area contributed by atoms with Gasteiger partial charge in [-0.15, -0.1) is 0 Å². The van der Waals surface area contributed by atoms with Crippen molar-refractivity contribution in [3.8, 4) is 5.75 Å². The molecule has 0 bridgehead atoms. The molecule has 0 fully saturated rings. The van der Waals surface area contributed by atoms with E-state index in [1.807, 2.05) is 18.2 Å². The van der Waals surface area contributed by atoms with E-state index in [0.29, 0.717) is 17.0 Å². The molecule has 0 radical (unpaired) electrons. The summed E-state index contributed by atoms with van der Waals surface area (Å²) in [5.74, 6) is -0.874. The van der Waals surface area contributed by atoms with Crippen molar-refractivity contribution in [2.24, 2.45) is 0 Å². The van der Waals surface area contributed by atoms with Crippen molar-refractivity contribution < 1.29 is 19.4 Å². The van der Waals surface area contributed by atoms with Crippen LogP contribution in [0.1, 0.15) is 10.4 Å². The van der Waals surface area contributed by atoms with Crippen LogP contribution in [0.3, 0.4) is 0 Å². The minimum atomic E-state index is -1.05. The van der Waals surface area contributed by atoms with Gasteiger partial charge in [-0.1, -0.05) is 18.2 Å². The summed E-state index contributed by atoms with van der Waals surface area (Å²) in [6.45, 7) is -0.407. The number of hydrogen-bond acceptors (Lipinski definition) is 3. The fourth-order valence-corrected chi connectivity index (χ4v) is 1.57. The predicted molar refractivity (Wildman–Crippen MR) is 74.0 cm³/mol. The fourth-order valence-electron chi connectivity index (χ4n) is 1.57. The first kappa shape index (κ1) is 13.6. The number of carbonyl (C=O) groups is 2. The molecule has 20 heavy (non-hydrogen) atoms. The van der Waals surface area contributed by atoms with Crippen LogP contribution in [-0.4, -0.2) is 23.6 Å². The first-order valence-corrected chi connectivity index (χ1v) is 5.96. The van der Waals surface area contributed by atoms with Crippen molar-refractivity contribution in [2.45, 2.75) is 0 Å². The normalized spacial score (nSPS) is 9.80. The Morgan fingerprint density at radius 1 is 1.00 bits per heavy atom. The molecule has 2 aromatic rings. The Bertz CT molecular complexity index is 593. The van der Waals surface area contributed by atoms with Crippen molar-refractivity contribution >= 4 is 17.6 Å². The van der Waals surface area contributed by atoms with Gasteiger partial charge >= 0.3 is 5.97 Å². The minimum absolute atomic E-state index is 0.235. The molecule has 0 heterocycles. The zero-order chi connectivity index (χ0) is 14.4. The molecule has 0 aliphatic rings. The van der Waals surface area contributed by atoms with Gasteiger partial charge in [0.15, 0.2) is 6.61 Å². The first-order chi connectivity index (χ1) is 9.65. The largest absolute Gasteiger partial charge is 0.482 e. The third-order valence-electron chi connectivity index (χ3n) is 2.51. The average molecular weight is 271 g/mol. The molecule has 0 saturated heterocycles. The van der Waals surface area contributed by atoms with E-state index < -0.39 is 12.6 Å². The molecule has 0 aliphatic heterocycles. The maximum absolute atomic E-state index is 11.9. The van der Waals surface area contributed by atoms with Crippen LogP contribution in [-0.2, 0) is 4.79 Å². The smallest absolute Gasteiger partial charge is 0.341 e. The van der Waals surface area contributed by atoms with Crippen molar-refractivity contribution in [2.75, 3.05) is 11.9 Å². The Labute approximate surface area is 115 Å². The van der Waals surface area contributed by atoms with Crippen LogP contribution in [0.25, 0.3) is 0 Å². The van der Waals surface area contributed by atoms with Gasteiger partial charge in [0.05, 0.1) is 0 Å². The van der Waals surface area contributed by atoms with E-state index in [0.717, 1.165) is 0 Å². The monoisotopic (exact) mass is 271 g/mol. The van der Waals surface area contributed by atoms with Crippen LogP contribution in [0.4, 0.5) is 5.69 Å². The van der Waals surface area contributed by atoms with E-state index in [1.54, 1.807) is 36.4 Å². The van der Waals surface area contributed by atoms with Gasteiger partial charge < -0.3 is 15.2 Å². The number of carboxylic acid groups (broad SMARTS) is 1. The van der Waals surface area contributed by atoms with Crippen LogP contribution in [0, 0.1) is 0 Å². The highest BCUT2D eigenvalue weighted by Gasteiger charge is 2.06. The van der Waals surface area contributed by atoms with Crippen LogP contribution in [0.15, 0.2) is 54.6 Å². The van der Waals surface area contributed by atoms with Gasteiger partial charge in [-0.05, 0) is 36.4 Å². The highest BCUT2D eigenvalue weighted by atomic mass is 16.5. The molecule has 1 amide bonds. The predicted octanol–water partition coefficient (Wildman–Crippen LogP) is 2.40. The number of rotatable bonds is 5. The van der Waals surface area contributed by atoms with Crippen molar-refractivity contribution in [3.63, 3.8) is 0 Å². The minimum Gasteiger partial charge on any atom is -0.482 e. The van der Waals surface area contributed by atoms with E-state index in [2.05, 4.69) is 5.32 Å². The lowest BCUT2D eigenvalue weighted by Gasteiger charge is -2.06. The van der Waals surface area contributed by atoms with E-state index in [-0.39, 0.29) is 5.91 Å². The molecular formula is C15H13NO4. The highest BCUT2D eigenvalue weighted by Crippen LogP contribution is 2.14. The van der Waals surface area contributed by atoms with Crippen molar-refractivity contribution in [1.82, 2.24) is 0 Å². The maximum atomic E-state index is 11.9. The van der Waals surface area contributed by atoms with Crippen LogP contribution in [0.5, 0.6) is 5.75 Å². The SMILES string of the molecule is O=C(O)COc1ccc(C(=O)Nc2ccccc2)cc1. The summed E-state index contributed by atoms with van der Waals surface area (Å²) in [6, 6.07) is 15.4. The Morgan fingerprint density at radius 3 is 2.25 bits per heavy atom. The summed E-state index contributed by atoms with van der Waals surface area (Å²) in [5.41, 5.74) is 1.18. The third-order valence-corrected chi connectivity index (χ3v) is 2.51. The molecule has 2 rings (SSSR count). The summed E-state index contributed by atoms with van der Waals surface area (Å²) < 4.78 is 4.99. The molecule has 0 saturated carbocycles. The quantitative estimate of drug-likeness (QED) is 0.875. The van der Waals surface area contributed by atoms with E-state index in [4.69, 9.17) is 9.84 Å². The molecular weight excluding hydrogens is 258 g/mol. The lowest BCUT2D eigenvalue weighted by molar-refractivity contribution is -0.139. The number of anilines is 1. The zero-order valence-corrected chi connectivity index (χ0v) is 10.6. The molecule has 0 unspecified atom stereocenters. The molecule has 0 aromatic heterocycles. The number of carbonyl (C=O) groups excluding carboxylic acids is 1. The standard InChI is InChI=1S/C15H13NO4/c17-14(18)10-20-13-8-6-11(7-9-13)15(19)16-12-4-2-1-3-5-12/h1-9H,10H2,(H,16,19)(H,17,18). The summed E-state index contributed by atoms with van der Waals surface area (Å²) in [5, 5.41) is 11.2. The number of nitrogens with one attached hydrogen (secondary N) is 1. The number of aliphatic carboxylic acids is 1. The molecule has 5 nitrogen and oxygen atoms in total. The lowest BCUT2D eigenvalue weighted by Crippen LogP contribution is -2.12. The average Bonchev–Trinajstić information content (AvgIpc) is 2.46. The Morgan fingerprint density at radius 2 is 1.65 bits per heavy atom. The van der Waals surface area contributed by atoms with Gasteiger partial charge in [-0.3, -0.25) is 4.79 Å². The summed E-state index contributed by atoms with van der Waals surface area (Å²) in [6.07, 6.45) is 0. The van der Waals surface area contributed by atoms with Crippen molar-refractivity contribution in [3.05, 3.63) is 60.2 Å². The lowest BCUT2D eigenvalue weighted by atomic mass is 10.2. The van der Waals surface area contributed by atoms with Gasteiger partial charge in [-0.2, -0.15) is 0 Å². The molecule has 5 heteroatoms. The van der Waals surface area contributed by atoms with Gasteiger partial charge in [0.2, 0.25) is 0 Å². The summed E-state index contributed by atoms with van der Waals surface area (Å²) >= 11 is 0. The number of benzene rings is 2. The topological polar surface area (TPSA) is 75.6 Å². The second-order valence-corrected chi connectivity index (χ2v) is 4.03. The highest BCUT2D eigenvalue weighted by molar-refractivity contribution is 6.04. The molecule has 2 aromatic carbocycles. The molecule has 0 aliphatic carbocycles. The molecule has 2 N–H and O–H groups in total. The number of amides is 1. The van der Waals surface area contributed by atoms with Crippen LogP contribution in [0.2, 0.25) is 0 Å². The van der Waals surface area contributed by atoms with Crippen molar-refractivity contribution in [1.29, 1.82) is 0 Å². The van der Waals surface area contributed by atoms with E-state index in [9.17, 15) is 9.59 Å². The molecule has 0 atom stereocenters. The summed E-state index contributed by atoms with van der Waals surface area (Å²) in [7, 11) is 0. The van der Waals surface area contributed by atoms with E-state index >= 15 is 0 Å². The van der Waals surface area contributed by atoms with Gasteiger partial charge in [0.1, 0.15) is 5.75 Å². The van der Waals surface area contributed by atoms with Crippen LogP contribution < -0.4 is 10.1 Å². The van der Waals surface area contributed by atoms with E-state index in [1.165, 1.54) is 0 Å². The van der Waals surface area contributed by atoms with Gasteiger partial charge in [-0.25, -0.2) is 4.79 Å². The summed E-state index contributed by atoms with van der Waals surface area (Å²) in [4.78, 5) is 22.3. The number of ether oxygens (including phenoxy) is 1. The van der Waals surface area contributed by atoms with Gasteiger partial charge in [0, 0.05) is 11.3 Å². The fraction of sp³-hybridized carbons (Fsp3) is 0.0667. The first-order valence-electron chi connectivity index (χ1n) is 5.96. The molecule has 0 spiro atoms. The Balaban J connectivity index is 1.99. The second-order valence-electron chi connectivity index (χ2n) is 4.03. The Hall–Kier alpha value is -2.82. The number of hydrogen-bond donors (Lipinski definition) is 2. The third kappa shape index (κ3) is 3.84. The number of carboxylic acids is 1.